The molecule has 2 aromatic heterocycles. The lowest BCUT2D eigenvalue weighted by Crippen LogP contribution is -2.22. The van der Waals surface area contributed by atoms with Crippen LogP contribution in [0.25, 0.3) is 10.9 Å². The quantitative estimate of drug-likeness (QED) is 0.581. The Hall–Kier alpha value is -2.81. The van der Waals surface area contributed by atoms with Crippen LogP contribution in [-0.4, -0.2) is 28.2 Å². The molecule has 9 heteroatoms. The Bertz CT molecular complexity index is 1110. The molecule has 3 aromatic rings. The maximum atomic E-state index is 12.5. The summed E-state index contributed by atoms with van der Waals surface area (Å²) in [7, 11) is -3.73. The molecule has 1 atom stereocenters. The van der Waals surface area contributed by atoms with Gasteiger partial charge in [0, 0.05) is 36.3 Å². The summed E-state index contributed by atoms with van der Waals surface area (Å²) in [4.78, 5) is 7.98. The highest BCUT2D eigenvalue weighted by Gasteiger charge is 2.23. The van der Waals surface area contributed by atoms with Gasteiger partial charge >= 0.3 is 10.1 Å². The summed E-state index contributed by atoms with van der Waals surface area (Å²) >= 11 is 0. The fraction of sp³-hybridized carbons (Fsp3) is 0.368. The summed E-state index contributed by atoms with van der Waals surface area (Å²) in [6.45, 7) is 6.22. The van der Waals surface area contributed by atoms with Gasteiger partial charge in [-0.2, -0.15) is 13.4 Å². The van der Waals surface area contributed by atoms with Crippen LogP contribution >= 0.6 is 0 Å². The van der Waals surface area contributed by atoms with Crippen molar-refractivity contribution in [1.82, 2.24) is 14.5 Å². The normalized spacial score (nSPS) is 13.0. The van der Waals surface area contributed by atoms with Crippen LogP contribution in [0.3, 0.4) is 0 Å². The number of hydrogen-bond acceptors (Lipinski definition) is 7. The van der Waals surface area contributed by atoms with Crippen LogP contribution in [0.5, 0.6) is 5.75 Å². The van der Waals surface area contributed by atoms with Crippen molar-refractivity contribution >= 4 is 32.8 Å². The van der Waals surface area contributed by atoms with Crippen LogP contribution in [0.15, 0.2) is 30.6 Å². The number of anilines is 2. The molecule has 1 unspecified atom stereocenters. The van der Waals surface area contributed by atoms with Crippen LogP contribution in [0.4, 0.5) is 11.8 Å². The molecule has 28 heavy (non-hydrogen) atoms. The van der Waals surface area contributed by atoms with Gasteiger partial charge in [0.1, 0.15) is 5.82 Å². The fourth-order valence-corrected chi connectivity index (χ4v) is 3.93. The highest BCUT2D eigenvalue weighted by atomic mass is 32.2. The van der Waals surface area contributed by atoms with Gasteiger partial charge in [0.15, 0.2) is 5.75 Å². The number of hydrogen-bond donors (Lipinski definition) is 2. The smallest absolute Gasteiger partial charge is 0.311 e. The van der Waals surface area contributed by atoms with Crippen molar-refractivity contribution in [1.29, 1.82) is 0 Å². The fourth-order valence-electron chi connectivity index (χ4n) is 2.97. The molecule has 0 aliphatic carbocycles. The Morgan fingerprint density at radius 2 is 2.00 bits per heavy atom. The third-order valence-electron chi connectivity index (χ3n) is 4.84. The molecule has 1 aromatic carbocycles. The van der Waals surface area contributed by atoms with Gasteiger partial charge < -0.3 is 20.2 Å². The average molecular weight is 404 g/mol. The summed E-state index contributed by atoms with van der Waals surface area (Å²) in [6.07, 6.45) is 4.40. The molecular formula is C19H25N5O3S. The Balaban J connectivity index is 2.08. The Kier molecular flexibility index (Phi) is 5.46. The van der Waals surface area contributed by atoms with Gasteiger partial charge in [-0.1, -0.05) is 6.92 Å². The molecular weight excluding hydrogens is 378 g/mol. The van der Waals surface area contributed by atoms with Gasteiger partial charge in [-0.25, -0.2) is 4.98 Å². The predicted molar refractivity (Wildman–Crippen MR) is 111 cm³/mol. The minimum Gasteiger partial charge on any atom is -0.383 e. The van der Waals surface area contributed by atoms with E-state index in [1.807, 2.05) is 36.7 Å². The second-order valence-electron chi connectivity index (χ2n) is 6.74. The maximum absolute atomic E-state index is 12.5. The van der Waals surface area contributed by atoms with E-state index in [0.29, 0.717) is 30.0 Å². The minimum absolute atomic E-state index is 0.111. The summed E-state index contributed by atoms with van der Waals surface area (Å²) in [6, 6.07) is 5.60. The average Bonchev–Trinajstić information content (AvgIpc) is 3.06. The molecule has 0 saturated carbocycles. The highest BCUT2D eigenvalue weighted by molar-refractivity contribution is 7.87. The number of nitrogen functional groups attached to an aromatic ring is 2. The van der Waals surface area contributed by atoms with E-state index in [0.717, 1.165) is 23.0 Å². The molecule has 3 rings (SSSR count). The zero-order chi connectivity index (χ0) is 20.5. The van der Waals surface area contributed by atoms with E-state index < -0.39 is 15.4 Å². The van der Waals surface area contributed by atoms with Crippen LogP contribution in [-0.2, 0) is 23.1 Å². The first-order valence-electron chi connectivity index (χ1n) is 9.17. The van der Waals surface area contributed by atoms with Gasteiger partial charge in [0.2, 0.25) is 5.95 Å². The number of aromatic nitrogens is 3. The van der Waals surface area contributed by atoms with Crippen molar-refractivity contribution in [3.8, 4) is 5.75 Å². The van der Waals surface area contributed by atoms with Crippen molar-refractivity contribution in [3.05, 3.63) is 41.7 Å². The minimum atomic E-state index is -3.73. The highest BCUT2D eigenvalue weighted by Crippen LogP contribution is 2.32. The van der Waals surface area contributed by atoms with Crippen molar-refractivity contribution in [2.24, 2.45) is 0 Å². The van der Waals surface area contributed by atoms with Gasteiger partial charge in [-0.15, -0.1) is 0 Å². The number of aryl methyl sites for hydroxylation is 1. The molecule has 0 spiro atoms. The van der Waals surface area contributed by atoms with E-state index in [-0.39, 0.29) is 5.95 Å². The SMILES string of the molecule is CCC(C)S(=O)(=O)Oc1cc(Cc2cnc(N)nc2N)cc2c1ccn2CC. The zero-order valence-electron chi connectivity index (χ0n) is 16.2. The molecule has 0 fully saturated rings. The summed E-state index contributed by atoms with van der Waals surface area (Å²) in [5.74, 6) is 0.725. The van der Waals surface area contributed by atoms with E-state index >= 15 is 0 Å². The molecule has 4 N–H and O–H groups in total. The topological polar surface area (TPSA) is 126 Å². The Morgan fingerprint density at radius 1 is 1.25 bits per heavy atom. The number of fused-ring (bicyclic) bond motifs is 1. The van der Waals surface area contributed by atoms with Crippen LogP contribution < -0.4 is 15.7 Å². The molecule has 0 aliphatic rings. The molecule has 8 nitrogen and oxygen atoms in total. The van der Waals surface area contributed by atoms with Crippen molar-refractivity contribution in [3.63, 3.8) is 0 Å². The molecule has 0 amide bonds. The number of rotatable bonds is 7. The van der Waals surface area contributed by atoms with Gasteiger partial charge in [-0.3, -0.25) is 0 Å². The second kappa shape index (κ2) is 7.67. The summed E-state index contributed by atoms with van der Waals surface area (Å²) in [5, 5.41) is 0.152. The lowest BCUT2D eigenvalue weighted by molar-refractivity contribution is 0.474. The van der Waals surface area contributed by atoms with Crippen LogP contribution in [0.2, 0.25) is 0 Å². The van der Waals surface area contributed by atoms with E-state index in [2.05, 4.69) is 9.97 Å². The first-order chi connectivity index (χ1) is 13.2. The Labute approximate surface area is 164 Å². The number of nitrogens with zero attached hydrogens (tertiary/aromatic N) is 3. The molecule has 0 saturated heterocycles. The van der Waals surface area contributed by atoms with Crippen molar-refractivity contribution in [2.45, 2.75) is 45.4 Å². The standard InChI is InChI=1S/C19H25N5O3S/c1-4-12(3)28(25,26)27-17-10-13(8-14-11-22-19(21)23-18(14)20)9-16-15(17)6-7-24(16)5-2/h6-7,9-12H,4-5,8H2,1-3H3,(H4,20,21,22,23). The molecule has 2 heterocycles. The Morgan fingerprint density at radius 3 is 2.64 bits per heavy atom. The maximum Gasteiger partial charge on any atom is 0.311 e. The van der Waals surface area contributed by atoms with E-state index in [9.17, 15) is 8.42 Å². The lowest BCUT2D eigenvalue weighted by Gasteiger charge is -2.15. The molecule has 150 valence electrons. The van der Waals surface area contributed by atoms with E-state index in [1.165, 1.54) is 0 Å². The van der Waals surface area contributed by atoms with Crippen molar-refractivity contribution < 1.29 is 12.6 Å². The number of nitrogens with two attached hydrogens (primary N) is 2. The van der Waals surface area contributed by atoms with E-state index in [4.69, 9.17) is 15.7 Å². The third-order valence-corrected chi connectivity index (χ3v) is 6.57. The van der Waals surface area contributed by atoms with Crippen LogP contribution in [0, 0.1) is 0 Å². The van der Waals surface area contributed by atoms with Crippen LogP contribution in [0.1, 0.15) is 38.3 Å². The first-order valence-corrected chi connectivity index (χ1v) is 10.6. The van der Waals surface area contributed by atoms with Gasteiger partial charge in [-0.05, 0) is 44.0 Å². The molecule has 0 bridgehead atoms. The first kappa shape index (κ1) is 19.9. The summed E-state index contributed by atoms with van der Waals surface area (Å²) in [5.41, 5.74) is 14.0. The molecule has 0 aliphatic heterocycles. The summed E-state index contributed by atoms with van der Waals surface area (Å²) < 4.78 is 32.6. The number of benzene rings is 1. The predicted octanol–water partition coefficient (Wildman–Crippen LogP) is 2.71. The lowest BCUT2D eigenvalue weighted by atomic mass is 10.0. The van der Waals surface area contributed by atoms with Crippen molar-refractivity contribution in [2.75, 3.05) is 11.5 Å². The molecule has 0 radical (unpaired) electrons. The van der Waals surface area contributed by atoms with Gasteiger partial charge in [0.25, 0.3) is 0 Å². The van der Waals surface area contributed by atoms with Gasteiger partial charge in [0.05, 0.1) is 10.8 Å². The second-order valence-corrected chi connectivity index (χ2v) is 8.70. The zero-order valence-corrected chi connectivity index (χ0v) is 17.0. The van der Waals surface area contributed by atoms with E-state index in [1.54, 1.807) is 19.2 Å². The third kappa shape index (κ3) is 3.89. The monoisotopic (exact) mass is 403 g/mol. The largest absolute Gasteiger partial charge is 0.383 e.